The molecular weight excluding hydrogens is 494 g/mol. The van der Waals surface area contributed by atoms with Crippen molar-refractivity contribution in [2.75, 3.05) is 7.05 Å². The van der Waals surface area contributed by atoms with Gasteiger partial charge in [-0.3, -0.25) is 4.79 Å². The smallest absolute Gasteiger partial charge is 0.252 e. The highest BCUT2D eigenvalue weighted by Gasteiger charge is 2.42. The summed E-state index contributed by atoms with van der Waals surface area (Å²) in [6, 6.07) is 26.1. The Morgan fingerprint density at radius 1 is 0.828 bits per heavy atom. The number of halogens is 2. The predicted octanol–water partition coefficient (Wildman–Crippen LogP) is 6.09. The Hall–Kier alpha value is -1.95. The van der Waals surface area contributed by atoms with Crippen LogP contribution in [-0.4, -0.2) is 24.0 Å². The lowest BCUT2D eigenvalue weighted by molar-refractivity contribution is -0.171. The van der Waals surface area contributed by atoms with Gasteiger partial charge < -0.3 is 9.64 Å². The molecule has 1 aliphatic rings. The molecule has 0 bridgehead atoms. The number of amides is 1. The fourth-order valence-electron chi connectivity index (χ4n) is 3.81. The molecule has 0 radical (unpaired) electrons. The van der Waals surface area contributed by atoms with Gasteiger partial charge in [-0.2, -0.15) is 0 Å². The molecule has 3 aromatic rings. The Balaban J connectivity index is 1.71. The Kier molecular flexibility index (Phi) is 6.18. The number of likely N-dealkylation sites (N-methyl/N-ethyl adjacent to an activating group) is 1. The van der Waals surface area contributed by atoms with Crippen molar-refractivity contribution in [2.45, 2.75) is 24.7 Å². The predicted molar refractivity (Wildman–Crippen MR) is 122 cm³/mol. The van der Waals surface area contributed by atoms with Crippen LogP contribution in [0.2, 0.25) is 0 Å². The van der Waals surface area contributed by atoms with Crippen molar-refractivity contribution in [1.82, 2.24) is 4.90 Å². The standard InChI is InChI=1S/C24H21Br2NO2/c1-27-22(17-7-11-19(25)12-8-17)23(18-9-13-20(26)14-10-18)29-21(24(27)28)15-16-5-3-2-4-6-16/h2-14,21-23H,15H2,1H3/t21-,22+,23-/m0/s1. The molecule has 3 aromatic carbocycles. The molecule has 0 N–H and O–H groups in total. The van der Waals surface area contributed by atoms with Crippen molar-refractivity contribution in [3.63, 3.8) is 0 Å². The van der Waals surface area contributed by atoms with Gasteiger partial charge in [-0.05, 0) is 41.0 Å². The second kappa shape index (κ2) is 8.82. The molecule has 1 aliphatic heterocycles. The van der Waals surface area contributed by atoms with Crippen LogP contribution >= 0.6 is 31.9 Å². The number of hydrogen-bond donors (Lipinski definition) is 0. The number of carbonyl (C=O) groups excluding carboxylic acids is 1. The Morgan fingerprint density at radius 3 is 1.97 bits per heavy atom. The molecule has 3 nitrogen and oxygen atoms in total. The third kappa shape index (κ3) is 4.47. The highest BCUT2D eigenvalue weighted by Crippen LogP contribution is 2.42. The summed E-state index contributed by atoms with van der Waals surface area (Å²) in [5, 5.41) is 0. The molecule has 4 rings (SSSR count). The molecule has 0 aliphatic carbocycles. The van der Waals surface area contributed by atoms with Crippen LogP contribution < -0.4 is 0 Å². The second-order valence-corrected chi connectivity index (χ2v) is 9.06. The molecule has 0 spiro atoms. The number of rotatable bonds is 4. The molecule has 5 heteroatoms. The Bertz CT molecular complexity index is 974. The summed E-state index contributed by atoms with van der Waals surface area (Å²) in [5.74, 6) is 0.00938. The summed E-state index contributed by atoms with van der Waals surface area (Å²) in [6.07, 6.45) is -0.201. The molecular formula is C24H21Br2NO2. The molecule has 1 heterocycles. The minimum absolute atomic E-state index is 0.00938. The van der Waals surface area contributed by atoms with E-state index >= 15 is 0 Å². The van der Waals surface area contributed by atoms with Crippen LogP contribution in [0.3, 0.4) is 0 Å². The fourth-order valence-corrected chi connectivity index (χ4v) is 4.34. The van der Waals surface area contributed by atoms with Crippen LogP contribution in [0.1, 0.15) is 28.8 Å². The first-order valence-electron chi connectivity index (χ1n) is 9.50. The number of benzene rings is 3. The van der Waals surface area contributed by atoms with E-state index in [0.29, 0.717) is 6.42 Å². The highest BCUT2D eigenvalue weighted by atomic mass is 79.9. The quantitative estimate of drug-likeness (QED) is 0.421. The molecule has 0 saturated carbocycles. The number of morpholine rings is 1. The maximum atomic E-state index is 13.2. The van der Waals surface area contributed by atoms with Crippen LogP contribution in [0.15, 0.2) is 87.8 Å². The monoisotopic (exact) mass is 513 g/mol. The van der Waals surface area contributed by atoms with Crippen LogP contribution in [0.4, 0.5) is 0 Å². The van der Waals surface area contributed by atoms with Gasteiger partial charge in [-0.1, -0.05) is 86.5 Å². The van der Waals surface area contributed by atoms with Gasteiger partial charge in [0.15, 0.2) is 0 Å². The van der Waals surface area contributed by atoms with Crippen LogP contribution in [-0.2, 0) is 16.0 Å². The Labute approximate surface area is 187 Å². The van der Waals surface area contributed by atoms with E-state index in [1.807, 2.05) is 78.7 Å². The second-order valence-electron chi connectivity index (χ2n) is 7.23. The van der Waals surface area contributed by atoms with Gasteiger partial charge in [0, 0.05) is 22.4 Å². The van der Waals surface area contributed by atoms with E-state index < -0.39 is 6.10 Å². The molecule has 1 fully saturated rings. The summed E-state index contributed by atoms with van der Waals surface area (Å²) in [7, 11) is 1.88. The summed E-state index contributed by atoms with van der Waals surface area (Å²) < 4.78 is 8.50. The van der Waals surface area contributed by atoms with Crippen molar-refractivity contribution in [2.24, 2.45) is 0 Å². The number of nitrogens with zero attached hydrogens (tertiary/aromatic N) is 1. The van der Waals surface area contributed by atoms with Crippen LogP contribution in [0.5, 0.6) is 0 Å². The zero-order chi connectivity index (χ0) is 20.4. The van der Waals surface area contributed by atoms with Crippen molar-refractivity contribution >= 4 is 37.8 Å². The zero-order valence-electron chi connectivity index (χ0n) is 16.0. The number of ether oxygens (including phenoxy) is 1. The number of carbonyl (C=O) groups is 1. The molecule has 0 aromatic heterocycles. The summed E-state index contributed by atoms with van der Waals surface area (Å²) in [4.78, 5) is 15.0. The van der Waals surface area contributed by atoms with Crippen molar-refractivity contribution in [3.8, 4) is 0 Å². The normalized spacial score (nSPS) is 22.0. The van der Waals surface area contributed by atoms with Gasteiger partial charge in [0.25, 0.3) is 5.91 Å². The van der Waals surface area contributed by atoms with E-state index in [4.69, 9.17) is 4.74 Å². The molecule has 1 saturated heterocycles. The maximum absolute atomic E-state index is 13.2. The van der Waals surface area contributed by atoms with Crippen LogP contribution in [0.25, 0.3) is 0 Å². The van der Waals surface area contributed by atoms with Crippen molar-refractivity contribution in [3.05, 3.63) is 104 Å². The molecule has 148 valence electrons. The first-order chi connectivity index (χ1) is 14.0. The number of hydrogen-bond acceptors (Lipinski definition) is 2. The van der Waals surface area contributed by atoms with Crippen molar-refractivity contribution < 1.29 is 9.53 Å². The summed E-state index contributed by atoms with van der Waals surface area (Å²) in [5.41, 5.74) is 3.20. The SMILES string of the molecule is CN1C(=O)[C@H](Cc2ccccc2)O[C@@H](c2ccc(Br)cc2)[C@H]1c1ccc(Br)cc1. The topological polar surface area (TPSA) is 29.5 Å². The lowest BCUT2D eigenvalue weighted by atomic mass is 9.91. The van der Waals surface area contributed by atoms with E-state index in [-0.39, 0.29) is 18.1 Å². The van der Waals surface area contributed by atoms with Gasteiger partial charge in [-0.15, -0.1) is 0 Å². The molecule has 3 atom stereocenters. The van der Waals surface area contributed by atoms with Crippen molar-refractivity contribution in [1.29, 1.82) is 0 Å². The molecule has 29 heavy (non-hydrogen) atoms. The lowest BCUT2D eigenvalue weighted by Crippen LogP contribution is -2.49. The maximum Gasteiger partial charge on any atom is 0.252 e. The minimum Gasteiger partial charge on any atom is -0.358 e. The first-order valence-corrected chi connectivity index (χ1v) is 11.1. The first kappa shape index (κ1) is 20.3. The summed E-state index contributed by atoms with van der Waals surface area (Å²) >= 11 is 7.00. The largest absolute Gasteiger partial charge is 0.358 e. The van der Waals surface area contributed by atoms with E-state index in [0.717, 1.165) is 25.6 Å². The summed E-state index contributed by atoms with van der Waals surface area (Å²) in [6.45, 7) is 0. The third-order valence-corrected chi connectivity index (χ3v) is 6.37. The molecule has 1 amide bonds. The van der Waals surface area contributed by atoms with Gasteiger partial charge >= 0.3 is 0 Å². The van der Waals surface area contributed by atoms with Gasteiger partial charge in [-0.25, -0.2) is 0 Å². The van der Waals surface area contributed by atoms with Gasteiger partial charge in [0.2, 0.25) is 0 Å². The van der Waals surface area contributed by atoms with Gasteiger partial charge in [0.05, 0.1) is 6.04 Å². The van der Waals surface area contributed by atoms with E-state index in [2.05, 4.69) is 44.0 Å². The van der Waals surface area contributed by atoms with E-state index in [9.17, 15) is 4.79 Å². The van der Waals surface area contributed by atoms with Gasteiger partial charge in [0.1, 0.15) is 12.2 Å². The highest BCUT2D eigenvalue weighted by molar-refractivity contribution is 9.10. The zero-order valence-corrected chi connectivity index (χ0v) is 19.1. The van der Waals surface area contributed by atoms with Crippen LogP contribution in [0, 0.1) is 0 Å². The molecule has 0 unspecified atom stereocenters. The minimum atomic E-state index is -0.511. The average molecular weight is 515 g/mol. The lowest BCUT2D eigenvalue weighted by Gasteiger charge is -2.43. The fraction of sp³-hybridized carbons (Fsp3) is 0.208. The average Bonchev–Trinajstić information content (AvgIpc) is 2.74. The third-order valence-electron chi connectivity index (χ3n) is 5.31. The van der Waals surface area contributed by atoms with E-state index in [1.165, 1.54) is 0 Å². The Morgan fingerprint density at radius 2 is 1.38 bits per heavy atom. The van der Waals surface area contributed by atoms with E-state index in [1.54, 1.807) is 0 Å².